The molecule has 0 bridgehead atoms. The summed E-state index contributed by atoms with van der Waals surface area (Å²) in [7, 11) is 0. The molecule has 0 aliphatic heterocycles. The first-order chi connectivity index (χ1) is 8.56. The second-order valence-corrected chi connectivity index (χ2v) is 4.74. The molecule has 0 saturated heterocycles. The Hall–Kier alpha value is -1.83. The van der Waals surface area contributed by atoms with E-state index in [1.54, 1.807) is 0 Å². The van der Waals surface area contributed by atoms with Crippen LogP contribution in [-0.2, 0) is 0 Å². The number of aryl methyl sites for hydroxylation is 2. The van der Waals surface area contributed by atoms with Crippen molar-refractivity contribution in [3.05, 3.63) is 65.0 Å². The lowest BCUT2D eigenvalue weighted by molar-refractivity contribution is 0.626. The lowest BCUT2D eigenvalue weighted by Crippen LogP contribution is -2.07. The summed E-state index contributed by atoms with van der Waals surface area (Å²) < 4.78 is 12.9. The Morgan fingerprint density at radius 1 is 1.00 bits per heavy atom. The zero-order valence-corrected chi connectivity index (χ0v) is 11.0. The van der Waals surface area contributed by atoms with E-state index in [0.717, 1.165) is 11.3 Å². The lowest BCUT2D eigenvalue weighted by Gasteiger charge is -2.17. The maximum absolute atomic E-state index is 12.9. The molecule has 0 amide bonds. The van der Waals surface area contributed by atoms with E-state index >= 15 is 0 Å². The van der Waals surface area contributed by atoms with E-state index in [0.29, 0.717) is 0 Å². The molecule has 1 N–H and O–H groups in total. The van der Waals surface area contributed by atoms with E-state index in [-0.39, 0.29) is 11.9 Å². The van der Waals surface area contributed by atoms with Crippen LogP contribution in [0.5, 0.6) is 0 Å². The highest BCUT2D eigenvalue weighted by Gasteiger charge is 2.06. The van der Waals surface area contributed by atoms with Crippen LogP contribution >= 0.6 is 0 Å². The average Bonchev–Trinajstić information content (AvgIpc) is 2.33. The Kier molecular flexibility index (Phi) is 3.66. The van der Waals surface area contributed by atoms with Crippen LogP contribution in [0, 0.1) is 19.7 Å². The van der Waals surface area contributed by atoms with Gasteiger partial charge in [-0.1, -0.05) is 29.8 Å². The highest BCUT2D eigenvalue weighted by atomic mass is 19.1. The molecule has 0 saturated carbocycles. The average molecular weight is 243 g/mol. The second kappa shape index (κ2) is 5.21. The number of nitrogens with one attached hydrogen (secondary N) is 1. The Morgan fingerprint density at radius 3 is 2.28 bits per heavy atom. The Bertz CT molecular complexity index is 531. The summed E-state index contributed by atoms with van der Waals surface area (Å²) in [5.74, 6) is -0.197. The van der Waals surface area contributed by atoms with E-state index in [4.69, 9.17) is 0 Å². The normalized spacial score (nSPS) is 12.2. The van der Waals surface area contributed by atoms with Gasteiger partial charge in [-0.15, -0.1) is 0 Å². The van der Waals surface area contributed by atoms with Crippen molar-refractivity contribution >= 4 is 5.69 Å². The summed E-state index contributed by atoms with van der Waals surface area (Å²) in [5.41, 5.74) is 4.69. The third-order valence-electron chi connectivity index (χ3n) is 3.12. The lowest BCUT2D eigenvalue weighted by atomic mass is 10.1. The summed E-state index contributed by atoms with van der Waals surface area (Å²) in [6, 6.07) is 13.1. The summed E-state index contributed by atoms with van der Waals surface area (Å²) in [4.78, 5) is 0. The molecule has 2 rings (SSSR count). The summed E-state index contributed by atoms with van der Waals surface area (Å²) in [6.45, 7) is 6.25. The molecule has 18 heavy (non-hydrogen) atoms. The molecule has 0 aliphatic carbocycles. The zero-order chi connectivity index (χ0) is 13.1. The number of anilines is 1. The fourth-order valence-corrected chi connectivity index (χ4v) is 2.04. The van der Waals surface area contributed by atoms with Gasteiger partial charge in [0.2, 0.25) is 0 Å². The molecule has 0 heterocycles. The van der Waals surface area contributed by atoms with E-state index in [1.807, 2.05) is 12.1 Å². The maximum Gasteiger partial charge on any atom is 0.123 e. The largest absolute Gasteiger partial charge is 0.378 e. The molecular weight excluding hydrogens is 225 g/mol. The molecule has 1 atom stereocenters. The SMILES string of the molecule is Cc1ccc(NC(C)c2ccc(F)cc2)c(C)c1. The van der Waals surface area contributed by atoms with Crippen molar-refractivity contribution in [1.82, 2.24) is 0 Å². The first-order valence-corrected chi connectivity index (χ1v) is 6.15. The smallest absolute Gasteiger partial charge is 0.123 e. The first kappa shape index (κ1) is 12.6. The number of benzene rings is 2. The van der Waals surface area contributed by atoms with Crippen molar-refractivity contribution in [3.8, 4) is 0 Å². The number of halogens is 1. The van der Waals surface area contributed by atoms with E-state index in [9.17, 15) is 4.39 Å². The highest BCUT2D eigenvalue weighted by Crippen LogP contribution is 2.23. The first-order valence-electron chi connectivity index (χ1n) is 6.15. The van der Waals surface area contributed by atoms with Crippen molar-refractivity contribution in [2.24, 2.45) is 0 Å². The third kappa shape index (κ3) is 2.89. The zero-order valence-electron chi connectivity index (χ0n) is 11.0. The van der Waals surface area contributed by atoms with Crippen LogP contribution in [0.3, 0.4) is 0 Å². The van der Waals surface area contributed by atoms with Crippen LogP contribution in [0.4, 0.5) is 10.1 Å². The van der Waals surface area contributed by atoms with Gasteiger partial charge in [0.05, 0.1) is 0 Å². The summed E-state index contributed by atoms with van der Waals surface area (Å²) in [6.07, 6.45) is 0. The van der Waals surface area contributed by atoms with Gasteiger partial charge < -0.3 is 5.32 Å². The fourth-order valence-electron chi connectivity index (χ4n) is 2.04. The number of hydrogen-bond acceptors (Lipinski definition) is 1. The molecule has 1 unspecified atom stereocenters. The topological polar surface area (TPSA) is 12.0 Å². The van der Waals surface area contributed by atoms with Crippen LogP contribution in [0.2, 0.25) is 0 Å². The predicted molar refractivity (Wildman–Crippen MR) is 74.4 cm³/mol. The van der Waals surface area contributed by atoms with Crippen molar-refractivity contribution in [2.45, 2.75) is 26.8 Å². The highest BCUT2D eigenvalue weighted by molar-refractivity contribution is 5.53. The Balaban J connectivity index is 2.15. The molecule has 0 radical (unpaired) electrons. The van der Waals surface area contributed by atoms with Crippen molar-refractivity contribution < 1.29 is 4.39 Å². The van der Waals surface area contributed by atoms with Gasteiger partial charge >= 0.3 is 0 Å². The van der Waals surface area contributed by atoms with Gasteiger partial charge in [-0.25, -0.2) is 4.39 Å². The Labute approximate surface area is 108 Å². The van der Waals surface area contributed by atoms with Crippen molar-refractivity contribution in [3.63, 3.8) is 0 Å². The molecule has 94 valence electrons. The van der Waals surface area contributed by atoms with Crippen LogP contribution in [0.1, 0.15) is 29.7 Å². The number of hydrogen-bond donors (Lipinski definition) is 1. The molecule has 2 heteroatoms. The van der Waals surface area contributed by atoms with Gasteiger partial charge in [0, 0.05) is 11.7 Å². The molecular formula is C16H18FN. The van der Waals surface area contributed by atoms with Gasteiger partial charge in [0.25, 0.3) is 0 Å². The van der Waals surface area contributed by atoms with Crippen LogP contribution in [0.25, 0.3) is 0 Å². The molecule has 0 fully saturated rings. The second-order valence-electron chi connectivity index (χ2n) is 4.74. The number of rotatable bonds is 3. The summed E-state index contributed by atoms with van der Waals surface area (Å²) >= 11 is 0. The maximum atomic E-state index is 12.9. The molecule has 1 nitrogen and oxygen atoms in total. The van der Waals surface area contributed by atoms with E-state index in [1.165, 1.54) is 23.3 Å². The predicted octanol–water partition coefficient (Wildman–Crippen LogP) is 4.62. The standard InChI is InChI=1S/C16H18FN/c1-11-4-9-16(12(2)10-11)18-13(3)14-5-7-15(17)8-6-14/h4-10,13,18H,1-3H3. The van der Waals surface area contributed by atoms with Crippen molar-refractivity contribution in [1.29, 1.82) is 0 Å². The van der Waals surface area contributed by atoms with Crippen LogP contribution < -0.4 is 5.32 Å². The van der Waals surface area contributed by atoms with Gasteiger partial charge in [-0.2, -0.15) is 0 Å². The van der Waals surface area contributed by atoms with Crippen LogP contribution in [0.15, 0.2) is 42.5 Å². The van der Waals surface area contributed by atoms with Gasteiger partial charge in [-0.3, -0.25) is 0 Å². The van der Waals surface area contributed by atoms with Gasteiger partial charge in [0.15, 0.2) is 0 Å². The van der Waals surface area contributed by atoms with E-state index in [2.05, 4.69) is 44.3 Å². The van der Waals surface area contributed by atoms with Crippen LogP contribution in [-0.4, -0.2) is 0 Å². The Morgan fingerprint density at radius 2 is 1.67 bits per heavy atom. The van der Waals surface area contributed by atoms with E-state index < -0.39 is 0 Å². The minimum atomic E-state index is -0.197. The minimum Gasteiger partial charge on any atom is -0.378 e. The molecule has 0 aliphatic rings. The quantitative estimate of drug-likeness (QED) is 0.829. The minimum absolute atomic E-state index is 0.159. The van der Waals surface area contributed by atoms with Crippen molar-refractivity contribution in [2.75, 3.05) is 5.32 Å². The molecule has 0 aromatic heterocycles. The summed E-state index contributed by atoms with van der Waals surface area (Å²) in [5, 5.41) is 3.45. The molecule has 2 aromatic rings. The van der Waals surface area contributed by atoms with Gasteiger partial charge in [0.1, 0.15) is 5.82 Å². The third-order valence-corrected chi connectivity index (χ3v) is 3.12. The molecule has 0 spiro atoms. The monoisotopic (exact) mass is 243 g/mol. The van der Waals surface area contributed by atoms with Gasteiger partial charge in [-0.05, 0) is 50.1 Å². The molecule has 2 aromatic carbocycles. The fraction of sp³-hybridized carbons (Fsp3) is 0.250.